The van der Waals surface area contributed by atoms with Crippen molar-refractivity contribution >= 4 is 57.1 Å². The van der Waals surface area contributed by atoms with Crippen LogP contribution < -0.4 is 15.4 Å². The number of benzene rings is 1. The van der Waals surface area contributed by atoms with Crippen molar-refractivity contribution in [2.24, 2.45) is 5.92 Å². The van der Waals surface area contributed by atoms with Gasteiger partial charge in [0.25, 0.3) is 0 Å². The number of carbonyl (C=O) groups is 2. The van der Waals surface area contributed by atoms with E-state index in [-0.39, 0.29) is 42.7 Å². The van der Waals surface area contributed by atoms with Crippen LogP contribution in [0.5, 0.6) is 5.88 Å². The van der Waals surface area contributed by atoms with E-state index in [1.807, 2.05) is 30.3 Å². The molecule has 0 radical (unpaired) electrons. The summed E-state index contributed by atoms with van der Waals surface area (Å²) in [6, 6.07) is 9.08. The topological polar surface area (TPSA) is 140 Å². The quantitative estimate of drug-likeness (QED) is 0.328. The number of ketones is 1. The lowest BCUT2D eigenvalue weighted by Gasteiger charge is -2.20. The van der Waals surface area contributed by atoms with Gasteiger partial charge in [-0.1, -0.05) is 24.3 Å². The van der Waals surface area contributed by atoms with Crippen LogP contribution >= 0.6 is 24.8 Å². The van der Waals surface area contributed by atoms with Gasteiger partial charge < -0.3 is 15.4 Å². The first-order valence-corrected chi connectivity index (χ1v) is 14.8. The maximum absolute atomic E-state index is 13.2. The molecule has 10 nitrogen and oxygen atoms in total. The molecule has 3 fully saturated rings. The summed E-state index contributed by atoms with van der Waals surface area (Å²) in [6.07, 6.45) is 8.02. The van der Waals surface area contributed by atoms with Crippen LogP contribution in [0, 0.1) is 5.92 Å². The third-order valence-corrected chi connectivity index (χ3v) is 9.88. The minimum absolute atomic E-state index is 0. The van der Waals surface area contributed by atoms with Gasteiger partial charge in [-0.15, -0.1) is 31.4 Å². The number of nitrogens with zero attached hydrogens (tertiary/aromatic N) is 3. The molecule has 1 saturated heterocycles. The molecule has 3 aromatic rings. The van der Waals surface area contributed by atoms with Crippen LogP contribution in [-0.2, 0) is 19.4 Å². The smallest absolute Gasteiger partial charge is 0.238 e. The number of carbonyl (C=O) groups excluding carboxylic acids is 2. The maximum Gasteiger partial charge on any atom is 0.238 e. The fraction of sp³-hybridized carbons (Fsp3) is 0.393. The second-order valence-corrected chi connectivity index (χ2v) is 12.8. The Bertz CT molecular complexity index is 1570. The van der Waals surface area contributed by atoms with Crippen molar-refractivity contribution in [3.05, 3.63) is 61.6 Å². The molecule has 3 aliphatic rings. The monoisotopic (exact) mass is 619 g/mol. The summed E-state index contributed by atoms with van der Waals surface area (Å²) in [6.45, 7) is 4.17. The molecule has 6 rings (SSSR count). The Kier molecular flexibility index (Phi) is 9.03. The lowest BCUT2D eigenvalue weighted by atomic mass is 10.1. The van der Waals surface area contributed by atoms with Gasteiger partial charge in [-0.25, -0.2) is 13.4 Å². The van der Waals surface area contributed by atoms with E-state index in [4.69, 9.17) is 9.72 Å². The zero-order valence-corrected chi connectivity index (χ0v) is 24.5. The molecule has 218 valence electrons. The highest BCUT2D eigenvalue weighted by atomic mass is 35.5. The lowest BCUT2D eigenvalue weighted by Crippen LogP contribution is -2.52. The van der Waals surface area contributed by atoms with Gasteiger partial charge in [-0.2, -0.15) is 0 Å². The Morgan fingerprint density at radius 1 is 1.17 bits per heavy atom. The van der Waals surface area contributed by atoms with Gasteiger partial charge in [0.05, 0.1) is 23.2 Å². The summed E-state index contributed by atoms with van der Waals surface area (Å²) in [5.41, 5.74) is 0.0437. The number of pyridine rings is 1. The number of fused-ring (bicyclic) bond motifs is 1. The summed E-state index contributed by atoms with van der Waals surface area (Å²) in [7, 11) is -3.49. The maximum atomic E-state index is 13.2. The van der Waals surface area contributed by atoms with Gasteiger partial charge in [0.1, 0.15) is 23.1 Å². The Morgan fingerprint density at radius 2 is 1.95 bits per heavy atom. The van der Waals surface area contributed by atoms with Gasteiger partial charge in [0.2, 0.25) is 11.8 Å². The summed E-state index contributed by atoms with van der Waals surface area (Å²) < 4.78 is 31.2. The minimum Gasteiger partial charge on any atom is -0.472 e. The molecule has 1 aliphatic heterocycles. The standard InChI is InChI=1S/C28H29N5O5S.2ClH/c1-2-18-13-28(18,25(34)16-39(36,37)20-7-8-20)33-26(35)23-12-19(14-31-23)38-27-21-6-4-3-5-17(21)11-22(32-27)24-15-29-9-10-30-24;;/h2-6,9-11,15,18-20,23,31H,1,7-8,12-14,16H2,(H,33,35);2*1H/t18-,19-,23+,28-;;/m1../s1. The highest BCUT2D eigenvalue weighted by Crippen LogP contribution is 2.46. The van der Waals surface area contributed by atoms with E-state index < -0.39 is 38.2 Å². The number of ether oxygens (including phenoxy) is 1. The molecule has 0 spiro atoms. The van der Waals surface area contributed by atoms with Crippen molar-refractivity contribution in [2.75, 3.05) is 12.3 Å². The van der Waals surface area contributed by atoms with Crippen molar-refractivity contribution in [3.63, 3.8) is 0 Å². The number of Topliss-reactive ketones (excluding diaryl/α,β-unsaturated/α-hetero) is 1. The number of nitrogens with one attached hydrogen (secondary N) is 2. The van der Waals surface area contributed by atoms with Crippen LogP contribution in [0.25, 0.3) is 22.2 Å². The van der Waals surface area contributed by atoms with E-state index in [9.17, 15) is 18.0 Å². The third kappa shape index (κ3) is 6.23. The Morgan fingerprint density at radius 3 is 2.63 bits per heavy atom. The second kappa shape index (κ2) is 12.0. The fourth-order valence-electron chi connectivity index (χ4n) is 5.24. The molecule has 2 N–H and O–H groups in total. The summed E-state index contributed by atoms with van der Waals surface area (Å²) >= 11 is 0. The van der Waals surface area contributed by atoms with Gasteiger partial charge in [-0.05, 0) is 36.8 Å². The Labute approximate surface area is 250 Å². The predicted octanol–water partition coefficient (Wildman–Crippen LogP) is 2.85. The second-order valence-electron chi connectivity index (χ2n) is 10.5. The number of rotatable bonds is 10. The zero-order valence-electron chi connectivity index (χ0n) is 22.1. The molecule has 2 saturated carbocycles. The van der Waals surface area contributed by atoms with Crippen molar-refractivity contribution in [1.29, 1.82) is 0 Å². The van der Waals surface area contributed by atoms with Crippen LogP contribution in [-0.4, -0.2) is 70.3 Å². The Hall–Kier alpha value is -3.12. The Balaban J connectivity index is 0.00000194. The molecule has 3 heterocycles. The van der Waals surface area contributed by atoms with E-state index in [0.717, 1.165) is 10.8 Å². The van der Waals surface area contributed by atoms with Crippen LogP contribution in [0.4, 0.5) is 0 Å². The molecule has 4 atom stereocenters. The number of aromatic nitrogens is 3. The molecular weight excluding hydrogens is 589 g/mol. The molecule has 0 unspecified atom stereocenters. The van der Waals surface area contributed by atoms with E-state index >= 15 is 0 Å². The van der Waals surface area contributed by atoms with E-state index in [2.05, 4.69) is 27.2 Å². The normalized spacial score (nSPS) is 24.9. The van der Waals surface area contributed by atoms with Crippen LogP contribution in [0.2, 0.25) is 0 Å². The summed E-state index contributed by atoms with van der Waals surface area (Å²) in [4.78, 5) is 39.5. The number of hydrogen-bond donors (Lipinski definition) is 2. The highest BCUT2D eigenvalue weighted by molar-refractivity contribution is 7.93. The van der Waals surface area contributed by atoms with Gasteiger partial charge >= 0.3 is 0 Å². The molecule has 1 amide bonds. The average Bonchev–Trinajstić information content (AvgIpc) is 3.86. The zero-order chi connectivity index (χ0) is 27.2. The number of halogens is 2. The van der Waals surface area contributed by atoms with Gasteiger partial charge in [-0.3, -0.25) is 19.6 Å². The molecular formula is C28H31Cl2N5O5S. The molecule has 0 bridgehead atoms. The molecule has 2 aliphatic carbocycles. The minimum atomic E-state index is -3.49. The highest BCUT2D eigenvalue weighted by Gasteiger charge is 2.60. The first-order chi connectivity index (χ1) is 18.8. The number of amides is 1. The average molecular weight is 621 g/mol. The largest absolute Gasteiger partial charge is 0.472 e. The first-order valence-electron chi connectivity index (χ1n) is 13.0. The molecule has 41 heavy (non-hydrogen) atoms. The lowest BCUT2D eigenvalue weighted by molar-refractivity contribution is -0.129. The van der Waals surface area contributed by atoms with Crippen molar-refractivity contribution in [3.8, 4) is 17.3 Å². The number of hydrogen-bond acceptors (Lipinski definition) is 9. The van der Waals surface area contributed by atoms with E-state index in [1.54, 1.807) is 24.7 Å². The van der Waals surface area contributed by atoms with Crippen LogP contribution in [0.1, 0.15) is 25.7 Å². The summed E-state index contributed by atoms with van der Waals surface area (Å²) in [5.74, 6) is -1.21. The fourth-order valence-corrected chi connectivity index (χ4v) is 6.95. The SMILES string of the molecule is C=C[C@@H]1C[C@]1(NC(=O)[C@@H]1C[C@@H](Oc2nc(-c3cnccn3)cc3ccccc23)CN1)C(=O)CS(=O)(=O)C1CC1.Cl.Cl. The number of sulfone groups is 1. The third-order valence-electron chi connectivity index (χ3n) is 7.72. The van der Waals surface area contributed by atoms with Crippen molar-refractivity contribution in [2.45, 2.75) is 48.6 Å². The van der Waals surface area contributed by atoms with Gasteiger partial charge in [0.15, 0.2) is 15.6 Å². The van der Waals surface area contributed by atoms with Crippen LogP contribution in [0.3, 0.4) is 0 Å². The van der Waals surface area contributed by atoms with Crippen molar-refractivity contribution in [1.82, 2.24) is 25.6 Å². The van der Waals surface area contributed by atoms with Gasteiger partial charge in [0, 0.05) is 36.7 Å². The van der Waals surface area contributed by atoms with E-state index in [0.29, 0.717) is 49.5 Å². The predicted molar refractivity (Wildman–Crippen MR) is 159 cm³/mol. The summed E-state index contributed by atoms with van der Waals surface area (Å²) in [5, 5.41) is 7.39. The van der Waals surface area contributed by atoms with Crippen LogP contribution in [0.15, 0.2) is 61.6 Å². The molecule has 1 aromatic carbocycles. The first kappa shape index (κ1) is 30.8. The van der Waals surface area contributed by atoms with E-state index in [1.165, 1.54) is 0 Å². The van der Waals surface area contributed by atoms with Crippen molar-refractivity contribution < 1.29 is 22.7 Å². The molecule has 2 aromatic heterocycles. The molecule has 13 heteroatoms.